The Morgan fingerprint density at radius 1 is 1.19 bits per heavy atom. The van der Waals surface area contributed by atoms with E-state index in [0.29, 0.717) is 5.56 Å². The van der Waals surface area contributed by atoms with Gasteiger partial charge in [0.2, 0.25) is 0 Å². The second-order valence-corrected chi connectivity index (χ2v) is 4.72. The fourth-order valence-electron chi connectivity index (χ4n) is 1.91. The molecule has 0 heterocycles. The van der Waals surface area contributed by atoms with Gasteiger partial charge in [0.15, 0.2) is 5.78 Å². The number of carbonyl (C=O) groups excluding carboxylic acids is 1. The highest BCUT2D eigenvalue weighted by molar-refractivity contribution is 6.00. The first-order chi connectivity index (χ1) is 10.2. The van der Waals surface area contributed by atoms with Gasteiger partial charge < -0.3 is 5.43 Å². The molecule has 0 aliphatic carbocycles. The smallest absolute Gasteiger partial charge is 0.184 e. The topological polar surface area (TPSA) is 41.5 Å². The van der Waals surface area contributed by atoms with Crippen LogP contribution in [-0.4, -0.2) is 18.5 Å². The van der Waals surface area contributed by atoms with Gasteiger partial charge in [-0.25, -0.2) is 0 Å². The molecular formula is C18H18N2O. The number of nitrogens with one attached hydrogen (secondary N) is 1. The molecule has 3 nitrogen and oxygen atoms in total. The average molecular weight is 278 g/mol. The summed E-state index contributed by atoms with van der Waals surface area (Å²) >= 11 is 0. The van der Waals surface area contributed by atoms with Crippen LogP contribution >= 0.6 is 0 Å². The normalized spacial score (nSPS) is 10.5. The molecule has 3 heteroatoms. The van der Waals surface area contributed by atoms with Crippen LogP contribution in [0.1, 0.15) is 27.0 Å². The Bertz CT molecular complexity index is 657. The molecule has 0 saturated heterocycles. The molecule has 21 heavy (non-hydrogen) atoms. The summed E-state index contributed by atoms with van der Waals surface area (Å²) in [5.74, 6) is -0.00782. The SMILES string of the molecule is C=Cc1ccccc1C(=O)CNN=Cc1ccc(C)cc1. The molecule has 0 unspecified atom stereocenters. The van der Waals surface area contributed by atoms with Crippen molar-refractivity contribution in [3.8, 4) is 0 Å². The van der Waals surface area contributed by atoms with Crippen molar-refractivity contribution in [2.24, 2.45) is 5.10 Å². The van der Waals surface area contributed by atoms with Crippen LogP contribution < -0.4 is 5.43 Å². The van der Waals surface area contributed by atoms with Gasteiger partial charge in [-0.3, -0.25) is 4.79 Å². The average Bonchev–Trinajstić information content (AvgIpc) is 2.53. The minimum atomic E-state index is -0.00782. The Balaban J connectivity index is 1.92. The van der Waals surface area contributed by atoms with Crippen LogP contribution in [0.2, 0.25) is 0 Å². The van der Waals surface area contributed by atoms with Crippen LogP contribution in [0.15, 0.2) is 60.2 Å². The highest BCUT2D eigenvalue weighted by atomic mass is 16.1. The van der Waals surface area contributed by atoms with Crippen molar-refractivity contribution < 1.29 is 4.79 Å². The fourth-order valence-corrected chi connectivity index (χ4v) is 1.91. The molecule has 0 aliphatic rings. The minimum absolute atomic E-state index is 0.00782. The van der Waals surface area contributed by atoms with Gasteiger partial charge in [-0.05, 0) is 18.1 Å². The lowest BCUT2D eigenvalue weighted by Crippen LogP contribution is -2.19. The summed E-state index contributed by atoms with van der Waals surface area (Å²) in [6.07, 6.45) is 3.38. The standard InChI is InChI=1S/C18H18N2O/c1-3-16-6-4-5-7-17(16)18(21)13-20-19-12-15-10-8-14(2)9-11-15/h3-12,20H,1,13H2,2H3. The van der Waals surface area contributed by atoms with E-state index in [0.717, 1.165) is 11.1 Å². The van der Waals surface area contributed by atoms with Crippen molar-refractivity contribution in [1.29, 1.82) is 0 Å². The van der Waals surface area contributed by atoms with Crippen LogP contribution in [0.4, 0.5) is 0 Å². The Morgan fingerprint density at radius 2 is 1.90 bits per heavy atom. The van der Waals surface area contributed by atoms with Gasteiger partial charge in [-0.15, -0.1) is 0 Å². The molecule has 0 aliphatic heterocycles. The van der Waals surface area contributed by atoms with Gasteiger partial charge in [0, 0.05) is 5.56 Å². The quantitative estimate of drug-likeness (QED) is 0.499. The second-order valence-electron chi connectivity index (χ2n) is 4.72. The third-order valence-corrected chi connectivity index (χ3v) is 3.10. The summed E-state index contributed by atoms with van der Waals surface area (Å²) < 4.78 is 0. The van der Waals surface area contributed by atoms with Crippen LogP contribution in [0.3, 0.4) is 0 Å². The van der Waals surface area contributed by atoms with Gasteiger partial charge in [-0.1, -0.05) is 66.7 Å². The first kappa shape index (κ1) is 14.7. The zero-order valence-corrected chi connectivity index (χ0v) is 12.0. The summed E-state index contributed by atoms with van der Waals surface area (Å²) in [6.45, 7) is 5.91. The van der Waals surface area contributed by atoms with E-state index in [-0.39, 0.29) is 12.3 Å². The van der Waals surface area contributed by atoms with E-state index >= 15 is 0 Å². The van der Waals surface area contributed by atoms with Crippen molar-refractivity contribution >= 4 is 18.1 Å². The molecule has 0 bridgehead atoms. The number of aryl methyl sites for hydroxylation is 1. The van der Waals surface area contributed by atoms with Crippen LogP contribution in [0.5, 0.6) is 0 Å². The predicted octanol–water partition coefficient (Wildman–Crippen LogP) is 3.44. The first-order valence-corrected chi connectivity index (χ1v) is 6.78. The van der Waals surface area contributed by atoms with Crippen molar-refractivity contribution in [3.05, 3.63) is 77.4 Å². The van der Waals surface area contributed by atoms with Crippen molar-refractivity contribution in [1.82, 2.24) is 5.43 Å². The number of ketones is 1. The molecule has 0 aromatic heterocycles. The van der Waals surface area contributed by atoms with Gasteiger partial charge in [0.05, 0.1) is 12.8 Å². The maximum absolute atomic E-state index is 12.1. The number of Topliss-reactive ketones (excluding diaryl/α,β-unsaturated/α-hetero) is 1. The highest BCUT2D eigenvalue weighted by Crippen LogP contribution is 2.10. The van der Waals surface area contributed by atoms with Gasteiger partial charge in [0.25, 0.3) is 0 Å². The minimum Gasteiger partial charge on any atom is -0.302 e. The molecular weight excluding hydrogens is 260 g/mol. The summed E-state index contributed by atoms with van der Waals surface area (Å²) in [6, 6.07) is 15.4. The lowest BCUT2D eigenvalue weighted by Gasteiger charge is -2.04. The molecule has 0 atom stereocenters. The van der Waals surface area contributed by atoms with E-state index in [4.69, 9.17) is 0 Å². The number of benzene rings is 2. The molecule has 0 amide bonds. The zero-order chi connectivity index (χ0) is 15.1. The molecule has 0 spiro atoms. The third kappa shape index (κ3) is 4.14. The van der Waals surface area contributed by atoms with E-state index in [1.807, 2.05) is 49.4 Å². The Hall–Kier alpha value is -2.68. The fraction of sp³-hybridized carbons (Fsp3) is 0.111. The monoisotopic (exact) mass is 278 g/mol. The van der Waals surface area contributed by atoms with E-state index in [1.165, 1.54) is 5.56 Å². The maximum atomic E-state index is 12.1. The molecule has 2 rings (SSSR count). The molecule has 1 N–H and O–H groups in total. The predicted molar refractivity (Wildman–Crippen MR) is 87.6 cm³/mol. The summed E-state index contributed by atoms with van der Waals surface area (Å²) in [5.41, 5.74) is 6.48. The first-order valence-electron chi connectivity index (χ1n) is 6.78. The number of hydrogen-bond acceptors (Lipinski definition) is 3. The number of carbonyl (C=O) groups is 1. The van der Waals surface area contributed by atoms with Gasteiger partial charge in [-0.2, -0.15) is 5.10 Å². The highest BCUT2D eigenvalue weighted by Gasteiger charge is 2.07. The molecule has 2 aromatic carbocycles. The third-order valence-electron chi connectivity index (χ3n) is 3.10. The summed E-state index contributed by atoms with van der Waals surface area (Å²) in [7, 11) is 0. The summed E-state index contributed by atoms with van der Waals surface area (Å²) in [4.78, 5) is 12.1. The molecule has 0 fully saturated rings. The molecule has 2 aromatic rings. The lowest BCUT2D eigenvalue weighted by atomic mass is 10.0. The molecule has 0 radical (unpaired) electrons. The lowest BCUT2D eigenvalue weighted by molar-refractivity contribution is 0.0991. The number of rotatable bonds is 6. The van der Waals surface area contributed by atoms with E-state index in [1.54, 1.807) is 18.4 Å². The Kier molecular flexibility index (Phi) is 5.04. The van der Waals surface area contributed by atoms with Crippen LogP contribution in [0.25, 0.3) is 6.08 Å². The van der Waals surface area contributed by atoms with Gasteiger partial charge >= 0.3 is 0 Å². The van der Waals surface area contributed by atoms with Gasteiger partial charge in [0.1, 0.15) is 0 Å². The number of hydrogen-bond donors (Lipinski definition) is 1. The zero-order valence-electron chi connectivity index (χ0n) is 12.0. The van der Waals surface area contributed by atoms with Crippen molar-refractivity contribution in [3.63, 3.8) is 0 Å². The summed E-state index contributed by atoms with van der Waals surface area (Å²) in [5, 5.41) is 4.07. The van der Waals surface area contributed by atoms with E-state index in [2.05, 4.69) is 17.1 Å². The largest absolute Gasteiger partial charge is 0.302 e. The molecule has 0 saturated carbocycles. The second kappa shape index (κ2) is 7.20. The number of nitrogens with zero attached hydrogens (tertiary/aromatic N) is 1. The molecule has 106 valence electrons. The van der Waals surface area contributed by atoms with Crippen molar-refractivity contribution in [2.45, 2.75) is 6.92 Å². The van der Waals surface area contributed by atoms with E-state index in [9.17, 15) is 4.79 Å². The van der Waals surface area contributed by atoms with Crippen LogP contribution in [-0.2, 0) is 0 Å². The number of hydrazone groups is 1. The maximum Gasteiger partial charge on any atom is 0.184 e. The Labute approximate surface area is 125 Å². The van der Waals surface area contributed by atoms with Crippen LogP contribution in [0, 0.1) is 6.92 Å². The Morgan fingerprint density at radius 3 is 2.62 bits per heavy atom. The van der Waals surface area contributed by atoms with Crippen molar-refractivity contribution in [2.75, 3.05) is 6.54 Å². The van der Waals surface area contributed by atoms with E-state index < -0.39 is 0 Å².